The van der Waals surface area contributed by atoms with Crippen LogP contribution in [0.1, 0.15) is 0 Å². The van der Waals surface area contributed by atoms with Crippen molar-refractivity contribution in [3.8, 4) is 44.9 Å². The topological polar surface area (TPSA) is 26.3 Å². The standard InChI is InChI=1S/C34H22O2/c1-3-7-23(8-4-1)25-11-15-27(16-12-25)31-19-29-21-34-30(22-33(29)35-31)20-32(36-34)28-17-13-26(14-18-28)24-9-5-2-6-10-24/h1-22H. The van der Waals surface area contributed by atoms with Crippen LogP contribution in [-0.2, 0) is 0 Å². The molecule has 0 atom stereocenters. The van der Waals surface area contributed by atoms with Crippen LogP contribution in [0.5, 0.6) is 0 Å². The van der Waals surface area contributed by atoms with E-state index in [1.807, 2.05) is 12.1 Å². The van der Waals surface area contributed by atoms with Gasteiger partial charge in [-0.2, -0.15) is 0 Å². The molecule has 7 aromatic rings. The maximum Gasteiger partial charge on any atom is 0.135 e. The van der Waals surface area contributed by atoms with E-state index in [0.717, 1.165) is 44.6 Å². The first-order valence-electron chi connectivity index (χ1n) is 12.1. The van der Waals surface area contributed by atoms with Crippen LogP contribution < -0.4 is 0 Å². The van der Waals surface area contributed by atoms with Crippen molar-refractivity contribution in [1.82, 2.24) is 0 Å². The molecule has 5 aromatic carbocycles. The Bertz CT molecular complexity index is 1600. The first-order chi connectivity index (χ1) is 17.8. The SMILES string of the molecule is c1ccc(-c2ccc(-c3cc4cc5oc(-c6ccc(-c7ccccc7)cc6)cc5cc4o3)cc2)cc1. The van der Waals surface area contributed by atoms with Crippen molar-refractivity contribution in [3.63, 3.8) is 0 Å². The van der Waals surface area contributed by atoms with Crippen LogP contribution in [-0.4, -0.2) is 0 Å². The van der Waals surface area contributed by atoms with E-state index in [4.69, 9.17) is 8.83 Å². The lowest BCUT2D eigenvalue weighted by molar-refractivity contribution is 0.627. The quantitative estimate of drug-likeness (QED) is 0.260. The van der Waals surface area contributed by atoms with Gasteiger partial charge in [-0.3, -0.25) is 0 Å². The molecule has 0 spiro atoms. The molecule has 36 heavy (non-hydrogen) atoms. The van der Waals surface area contributed by atoms with E-state index in [2.05, 4.69) is 121 Å². The van der Waals surface area contributed by atoms with Gasteiger partial charge < -0.3 is 8.83 Å². The smallest absolute Gasteiger partial charge is 0.135 e. The molecule has 0 saturated carbocycles. The Kier molecular flexibility index (Phi) is 4.82. The molecule has 0 radical (unpaired) electrons. The molecule has 0 saturated heterocycles. The van der Waals surface area contributed by atoms with Gasteiger partial charge in [-0.25, -0.2) is 0 Å². The van der Waals surface area contributed by atoms with Crippen LogP contribution in [0, 0.1) is 0 Å². The van der Waals surface area contributed by atoms with Crippen molar-refractivity contribution < 1.29 is 8.83 Å². The van der Waals surface area contributed by atoms with Gasteiger partial charge in [0.25, 0.3) is 0 Å². The van der Waals surface area contributed by atoms with E-state index in [1.165, 1.54) is 22.3 Å². The molecule has 170 valence electrons. The molecule has 0 unspecified atom stereocenters. The average Bonchev–Trinajstić information content (AvgIpc) is 3.56. The Morgan fingerprint density at radius 2 is 0.639 bits per heavy atom. The highest BCUT2D eigenvalue weighted by Crippen LogP contribution is 2.35. The van der Waals surface area contributed by atoms with Gasteiger partial charge in [0, 0.05) is 21.9 Å². The Morgan fingerprint density at radius 3 is 1.03 bits per heavy atom. The van der Waals surface area contributed by atoms with Gasteiger partial charge >= 0.3 is 0 Å². The lowest BCUT2D eigenvalue weighted by Gasteiger charge is -2.02. The monoisotopic (exact) mass is 462 g/mol. The fraction of sp³-hybridized carbons (Fsp3) is 0. The summed E-state index contributed by atoms with van der Waals surface area (Å²) in [5, 5.41) is 2.06. The molecular formula is C34H22O2. The summed E-state index contributed by atoms with van der Waals surface area (Å²) >= 11 is 0. The van der Waals surface area contributed by atoms with E-state index in [0.29, 0.717) is 0 Å². The predicted octanol–water partition coefficient (Wildman–Crippen LogP) is 9.85. The first-order valence-corrected chi connectivity index (χ1v) is 12.1. The van der Waals surface area contributed by atoms with Gasteiger partial charge in [0.1, 0.15) is 22.7 Å². The molecule has 2 nitrogen and oxygen atoms in total. The number of hydrogen-bond acceptors (Lipinski definition) is 2. The zero-order valence-corrected chi connectivity index (χ0v) is 19.5. The minimum atomic E-state index is 0.856. The molecule has 7 rings (SSSR count). The third-order valence-electron chi connectivity index (χ3n) is 6.71. The van der Waals surface area contributed by atoms with Gasteiger partial charge in [0.05, 0.1) is 0 Å². The van der Waals surface area contributed by atoms with Crippen LogP contribution in [0.2, 0.25) is 0 Å². The summed E-state index contributed by atoms with van der Waals surface area (Å²) in [5.74, 6) is 1.71. The first kappa shape index (κ1) is 20.5. The van der Waals surface area contributed by atoms with Crippen LogP contribution in [0.15, 0.2) is 142 Å². The third-order valence-corrected chi connectivity index (χ3v) is 6.71. The lowest BCUT2D eigenvalue weighted by atomic mass is 10.0. The Labute approximate surface area is 209 Å². The Balaban J connectivity index is 1.19. The van der Waals surface area contributed by atoms with E-state index in [9.17, 15) is 0 Å². The normalized spacial score (nSPS) is 11.3. The number of fused-ring (bicyclic) bond motifs is 2. The van der Waals surface area contributed by atoms with Crippen molar-refractivity contribution >= 4 is 21.9 Å². The molecule has 2 heterocycles. The number of benzene rings is 5. The summed E-state index contributed by atoms with van der Waals surface area (Å²) in [5.41, 5.74) is 8.63. The molecule has 2 aromatic heterocycles. The van der Waals surface area contributed by atoms with Crippen molar-refractivity contribution in [2.75, 3.05) is 0 Å². The summed E-state index contributed by atoms with van der Waals surface area (Å²) in [6.07, 6.45) is 0. The zero-order chi connectivity index (χ0) is 23.9. The van der Waals surface area contributed by atoms with Crippen LogP contribution in [0.25, 0.3) is 66.8 Å². The second kappa shape index (κ2) is 8.44. The van der Waals surface area contributed by atoms with Gasteiger partial charge in [0.2, 0.25) is 0 Å². The minimum absolute atomic E-state index is 0.856. The molecule has 0 fully saturated rings. The van der Waals surface area contributed by atoms with Crippen LogP contribution >= 0.6 is 0 Å². The van der Waals surface area contributed by atoms with Crippen molar-refractivity contribution in [2.24, 2.45) is 0 Å². The molecule has 0 aliphatic rings. The molecular weight excluding hydrogens is 440 g/mol. The Hall–Kier alpha value is -4.82. The molecule has 2 heteroatoms. The van der Waals surface area contributed by atoms with Crippen molar-refractivity contribution in [3.05, 3.63) is 133 Å². The van der Waals surface area contributed by atoms with Crippen molar-refractivity contribution in [2.45, 2.75) is 0 Å². The molecule has 0 bridgehead atoms. The van der Waals surface area contributed by atoms with E-state index in [1.54, 1.807) is 0 Å². The maximum atomic E-state index is 6.25. The van der Waals surface area contributed by atoms with E-state index in [-0.39, 0.29) is 0 Å². The molecule has 0 amide bonds. The highest BCUT2D eigenvalue weighted by atomic mass is 16.3. The van der Waals surface area contributed by atoms with Gasteiger partial charge in [-0.05, 0) is 46.5 Å². The molecule has 0 N–H and O–H groups in total. The highest BCUT2D eigenvalue weighted by molar-refractivity contribution is 5.97. The summed E-state index contributed by atoms with van der Waals surface area (Å²) in [6.45, 7) is 0. The van der Waals surface area contributed by atoms with Gasteiger partial charge in [0.15, 0.2) is 0 Å². The second-order valence-electron chi connectivity index (χ2n) is 9.04. The number of furan rings is 2. The highest BCUT2D eigenvalue weighted by Gasteiger charge is 2.12. The van der Waals surface area contributed by atoms with E-state index < -0.39 is 0 Å². The third kappa shape index (κ3) is 3.70. The van der Waals surface area contributed by atoms with Gasteiger partial charge in [-0.1, -0.05) is 109 Å². The fourth-order valence-corrected chi connectivity index (χ4v) is 4.77. The fourth-order valence-electron chi connectivity index (χ4n) is 4.77. The van der Waals surface area contributed by atoms with Crippen molar-refractivity contribution in [1.29, 1.82) is 0 Å². The average molecular weight is 463 g/mol. The van der Waals surface area contributed by atoms with Gasteiger partial charge in [-0.15, -0.1) is 0 Å². The van der Waals surface area contributed by atoms with E-state index >= 15 is 0 Å². The lowest BCUT2D eigenvalue weighted by Crippen LogP contribution is -1.78. The summed E-state index contributed by atoms with van der Waals surface area (Å²) in [7, 11) is 0. The van der Waals surface area contributed by atoms with Crippen LogP contribution in [0.3, 0.4) is 0 Å². The number of rotatable bonds is 4. The van der Waals surface area contributed by atoms with Crippen LogP contribution in [0.4, 0.5) is 0 Å². The summed E-state index contributed by atoms with van der Waals surface area (Å²) in [4.78, 5) is 0. The minimum Gasteiger partial charge on any atom is -0.456 e. The molecule has 0 aliphatic carbocycles. The predicted molar refractivity (Wildman–Crippen MR) is 148 cm³/mol. The maximum absolute atomic E-state index is 6.25. The molecule has 0 aliphatic heterocycles. The zero-order valence-electron chi connectivity index (χ0n) is 19.5. The largest absolute Gasteiger partial charge is 0.456 e. The second-order valence-corrected chi connectivity index (χ2v) is 9.04. The number of hydrogen-bond donors (Lipinski definition) is 0. The summed E-state index contributed by atoms with van der Waals surface area (Å²) in [6, 6.07) is 46.1. The Morgan fingerprint density at radius 1 is 0.306 bits per heavy atom. The summed E-state index contributed by atoms with van der Waals surface area (Å²) < 4.78 is 12.5.